The Morgan fingerprint density at radius 2 is 2.24 bits per heavy atom. The monoisotopic (exact) mass is 346 g/mol. The van der Waals surface area contributed by atoms with Gasteiger partial charge >= 0.3 is 0 Å². The molecule has 0 aromatic carbocycles. The quantitative estimate of drug-likeness (QED) is 0.815. The number of aromatic nitrogens is 1. The Morgan fingerprint density at radius 3 is 3.04 bits per heavy atom. The first-order valence-corrected chi connectivity index (χ1v) is 9.36. The molecule has 1 amide bonds. The molecule has 3 fully saturated rings. The molecule has 3 saturated heterocycles. The van der Waals surface area contributed by atoms with Gasteiger partial charge in [-0.25, -0.2) is 0 Å². The normalized spacial score (nSPS) is 31.9. The summed E-state index contributed by atoms with van der Waals surface area (Å²) in [6.45, 7) is 2.60. The van der Waals surface area contributed by atoms with E-state index >= 15 is 0 Å². The lowest BCUT2D eigenvalue weighted by Crippen LogP contribution is -2.48. The number of rotatable bonds is 5. The minimum absolute atomic E-state index is 0.114. The number of hydrogen-bond donors (Lipinski definition) is 0. The fourth-order valence-electron chi connectivity index (χ4n) is 4.13. The molecule has 3 aliphatic heterocycles. The van der Waals surface area contributed by atoms with Crippen molar-refractivity contribution >= 4 is 5.91 Å². The van der Waals surface area contributed by atoms with Gasteiger partial charge in [0.25, 0.3) is 5.91 Å². The summed E-state index contributed by atoms with van der Waals surface area (Å²) in [6.07, 6.45) is 6.49. The number of ether oxygens (including phenoxy) is 3. The van der Waals surface area contributed by atoms with Crippen LogP contribution in [-0.2, 0) is 25.6 Å². The van der Waals surface area contributed by atoms with Gasteiger partial charge in [0.05, 0.1) is 37.2 Å². The van der Waals surface area contributed by atoms with E-state index in [9.17, 15) is 4.79 Å². The summed E-state index contributed by atoms with van der Waals surface area (Å²) >= 11 is 0. The lowest BCUT2D eigenvalue weighted by molar-refractivity contribution is -0.148. The lowest BCUT2D eigenvalue weighted by atomic mass is 9.99. The average molecular weight is 346 g/mol. The second-order valence-corrected chi connectivity index (χ2v) is 7.10. The molecule has 4 atom stereocenters. The maximum absolute atomic E-state index is 12.6. The highest BCUT2D eigenvalue weighted by Crippen LogP contribution is 2.33. The van der Waals surface area contributed by atoms with Crippen LogP contribution in [0.25, 0.3) is 0 Å². The molecule has 0 N–H and O–H groups in total. The number of carbonyl (C=O) groups excluding carboxylic acids is 1. The Kier molecular flexibility index (Phi) is 5.29. The van der Waals surface area contributed by atoms with Crippen molar-refractivity contribution in [2.24, 2.45) is 0 Å². The standard InChI is InChI=1S/C19H26N2O4/c22-19(18-5-3-11-24-18)21-10-8-17-16(21)7-6-15(25-17)13-23-12-14-4-1-2-9-20-14/h1-2,4,9,15-18H,3,5-8,10-13H2/t15-,16-,17-,18-/m0/s1. The largest absolute Gasteiger partial charge is 0.372 e. The summed E-state index contributed by atoms with van der Waals surface area (Å²) < 4.78 is 17.6. The second kappa shape index (κ2) is 7.81. The van der Waals surface area contributed by atoms with Gasteiger partial charge in [-0.1, -0.05) is 6.07 Å². The number of pyridine rings is 1. The Labute approximate surface area is 148 Å². The Hall–Kier alpha value is -1.50. The van der Waals surface area contributed by atoms with Crippen LogP contribution in [0.3, 0.4) is 0 Å². The van der Waals surface area contributed by atoms with Crippen LogP contribution < -0.4 is 0 Å². The number of hydrogen-bond acceptors (Lipinski definition) is 5. The number of nitrogens with zero attached hydrogens (tertiary/aromatic N) is 2. The van der Waals surface area contributed by atoms with Crippen LogP contribution in [0.4, 0.5) is 0 Å². The van der Waals surface area contributed by atoms with Crippen molar-refractivity contribution in [1.82, 2.24) is 9.88 Å². The first-order chi connectivity index (χ1) is 12.3. The predicted octanol–water partition coefficient (Wildman–Crippen LogP) is 1.93. The summed E-state index contributed by atoms with van der Waals surface area (Å²) in [5, 5.41) is 0. The zero-order valence-corrected chi connectivity index (χ0v) is 14.5. The van der Waals surface area contributed by atoms with E-state index < -0.39 is 0 Å². The molecule has 3 aliphatic rings. The molecule has 0 saturated carbocycles. The van der Waals surface area contributed by atoms with E-state index in [1.165, 1.54) is 0 Å². The minimum atomic E-state index is -0.224. The summed E-state index contributed by atoms with van der Waals surface area (Å²) in [7, 11) is 0. The maximum atomic E-state index is 12.6. The SMILES string of the molecule is O=C([C@@H]1CCCO1)N1CC[C@@H]2O[C@H](COCc3ccccn3)CC[C@@H]21. The molecule has 0 aliphatic carbocycles. The first-order valence-electron chi connectivity index (χ1n) is 9.36. The fourth-order valence-corrected chi connectivity index (χ4v) is 4.13. The van der Waals surface area contributed by atoms with Gasteiger partial charge < -0.3 is 19.1 Å². The number of carbonyl (C=O) groups is 1. The molecule has 25 heavy (non-hydrogen) atoms. The van der Waals surface area contributed by atoms with Crippen molar-refractivity contribution < 1.29 is 19.0 Å². The summed E-state index contributed by atoms with van der Waals surface area (Å²) in [5.41, 5.74) is 0.936. The third-order valence-electron chi connectivity index (χ3n) is 5.40. The second-order valence-electron chi connectivity index (χ2n) is 7.10. The van der Waals surface area contributed by atoms with E-state index in [4.69, 9.17) is 14.2 Å². The highest BCUT2D eigenvalue weighted by molar-refractivity contribution is 5.81. The van der Waals surface area contributed by atoms with Crippen molar-refractivity contribution in [3.05, 3.63) is 30.1 Å². The van der Waals surface area contributed by atoms with Gasteiger partial charge in [-0.15, -0.1) is 0 Å². The highest BCUT2D eigenvalue weighted by Gasteiger charge is 2.44. The molecule has 4 rings (SSSR count). The molecular weight excluding hydrogens is 320 g/mol. The number of likely N-dealkylation sites (tertiary alicyclic amines) is 1. The van der Waals surface area contributed by atoms with Crippen LogP contribution in [0, 0.1) is 0 Å². The van der Waals surface area contributed by atoms with Crippen LogP contribution in [0.1, 0.15) is 37.8 Å². The molecule has 4 heterocycles. The molecule has 0 bridgehead atoms. The van der Waals surface area contributed by atoms with E-state index in [1.54, 1.807) is 6.20 Å². The topological polar surface area (TPSA) is 60.9 Å². The van der Waals surface area contributed by atoms with Gasteiger partial charge in [0, 0.05) is 19.3 Å². The Balaban J connectivity index is 1.25. The van der Waals surface area contributed by atoms with E-state index in [0.29, 0.717) is 19.8 Å². The molecule has 1 aromatic rings. The summed E-state index contributed by atoms with van der Waals surface area (Å²) in [5.74, 6) is 0.165. The van der Waals surface area contributed by atoms with Crippen molar-refractivity contribution in [2.45, 2.75) is 63.1 Å². The van der Waals surface area contributed by atoms with Crippen molar-refractivity contribution in [1.29, 1.82) is 0 Å². The third kappa shape index (κ3) is 3.86. The molecule has 6 nitrogen and oxygen atoms in total. The van der Waals surface area contributed by atoms with Crippen molar-refractivity contribution in [3.8, 4) is 0 Å². The molecule has 136 valence electrons. The predicted molar refractivity (Wildman–Crippen MR) is 90.9 cm³/mol. The summed E-state index contributed by atoms with van der Waals surface area (Å²) in [6, 6.07) is 6.04. The first kappa shape index (κ1) is 16.9. The average Bonchev–Trinajstić information content (AvgIpc) is 3.32. The van der Waals surface area contributed by atoms with Crippen LogP contribution in [0.15, 0.2) is 24.4 Å². The molecule has 0 radical (unpaired) electrons. The molecule has 6 heteroatoms. The Bertz CT molecular complexity index is 576. The van der Waals surface area contributed by atoms with Gasteiger partial charge in [0.15, 0.2) is 0 Å². The van der Waals surface area contributed by atoms with E-state index in [-0.39, 0.29) is 30.3 Å². The maximum Gasteiger partial charge on any atom is 0.252 e. The zero-order valence-electron chi connectivity index (χ0n) is 14.5. The van der Waals surface area contributed by atoms with Crippen LogP contribution in [-0.4, -0.2) is 59.9 Å². The van der Waals surface area contributed by atoms with Gasteiger partial charge in [-0.2, -0.15) is 0 Å². The number of amides is 1. The number of fused-ring (bicyclic) bond motifs is 1. The van der Waals surface area contributed by atoms with E-state index in [1.807, 2.05) is 23.1 Å². The van der Waals surface area contributed by atoms with Crippen molar-refractivity contribution in [3.63, 3.8) is 0 Å². The van der Waals surface area contributed by atoms with Gasteiger partial charge in [0.2, 0.25) is 0 Å². The van der Waals surface area contributed by atoms with Crippen LogP contribution >= 0.6 is 0 Å². The van der Waals surface area contributed by atoms with Gasteiger partial charge in [-0.3, -0.25) is 9.78 Å². The fraction of sp³-hybridized carbons (Fsp3) is 0.684. The highest BCUT2D eigenvalue weighted by atomic mass is 16.5. The summed E-state index contributed by atoms with van der Waals surface area (Å²) in [4.78, 5) is 18.9. The molecular formula is C19H26N2O4. The third-order valence-corrected chi connectivity index (χ3v) is 5.40. The van der Waals surface area contributed by atoms with Crippen molar-refractivity contribution in [2.75, 3.05) is 19.8 Å². The van der Waals surface area contributed by atoms with Gasteiger partial charge in [0.1, 0.15) is 6.10 Å². The Morgan fingerprint density at radius 1 is 1.28 bits per heavy atom. The molecule has 1 aromatic heterocycles. The molecule has 0 spiro atoms. The van der Waals surface area contributed by atoms with Gasteiger partial charge in [-0.05, 0) is 44.2 Å². The lowest BCUT2D eigenvalue weighted by Gasteiger charge is -2.36. The van der Waals surface area contributed by atoms with E-state index in [0.717, 1.165) is 44.3 Å². The smallest absolute Gasteiger partial charge is 0.252 e. The molecule has 0 unspecified atom stereocenters. The minimum Gasteiger partial charge on any atom is -0.372 e. The van der Waals surface area contributed by atoms with E-state index in [2.05, 4.69) is 4.98 Å². The van der Waals surface area contributed by atoms with Crippen LogP contribution in [0.2, 0.25) is 0 Å². The van der Waals surface area contributed by atoms with Crippen LogP contribution in [0.5, 0.6) is 0 Å². The zero-order chi connectivity index (χ0) is 17.1.